The summed E-state index contributed by atoms with van der Waals surface area (Å²) in [4.78, 5) is 3.25. The monoisotopic (exact) mass is 316 g/mol. The van der Waals surface area contributed by atoms with Gasteiger partial charge in [0.1, 0.15) is 5.75 Å². The molecule has 2 heterocycles. The third kappa shape index (κ3) is 3.03. The second-order valence-corrected chi connectivity index (χ2v) is 6.32. The quantitative estimate of drug-likeness (QED) is 0.695. The zero-order chi connectivity index (χ0) is 15.5. The molecular formula is C16H20N4OS. The number of benzene rings is 1. The maximum absolute atomic E-state index is 9.87. The number of nitrogen functional groups attached to an aromatic ring is 1. The van der Waals surface area contributed by atoms with E-state index in [0.717, 1.165) is 41.7 Å². The van der Waals surface area contributed by atoms with E-state index in [-0.39, 0.29) is 5.75 Å². The third-order valence-electron chi connectivity index (χ3n) is 3.71. The van der Waals surface area contributed by atoms with E-state index in [0.29, 0.717) is 11.3 Å². The Kier molecular flexibility index (Phi) is 4.22. The second-order valence-electron chi connectivity index (χ2n) is 5.26. The van der Waals surface area contributed by atoms with Crippen LogP contribution in [-0.4, -0.2) is 31.3 Å². The summed E-state index contributed by atoms with van der Waals surface area (Å²) < 4.78 is 0. The highest BCUT2D eigenvalue weighted by molar-refractivity contribution is 7.17. The Hall–Kier alpha value is -2.18. The Labute approximate surface area is 133 Å². The third-order valence-corrected chi connectivity index (χ3v) is 4.87. The molecule has 5 nitrogen and oxygen atoms in total. The number of hydrogen-bond acceptors (Lipinski definition) is 6. The maximum Gasteiger partial charge on any atom is 0.124 e. The zero-order valence-corrected chi connectivity index (χ0v) is 13.1. The molecule has 0 amide bonds. The molecular weight excluding hydrogens is 296 g/mol. The standard InChI is InChI=1S/C16H20N4OS/c17-12(11-3-1-2-4-14(11)21)9-15-13(18)10-16(22-15)20-7-5-19-6-8-20/h1-4,9-10,19,21H,5-8,17-18H2/b12-9-. The molecule has 1 saturated heterocycles. The summed E-state index contributed by atoms with van der Waals surface area (Å²) in [5.74, 6) is 0.175. The summed E-state index contributed by atoms with van der Waals surface area (Å²) in [5.41, 5.74) is 14.1. The fraction of sp³-hybridized carbons (Fsp3) is 0.250. The van der Waals surface area contributed by atoms with Gasteiger partial charge in [-0.1, -0.05) is 12.1 Å². The number of thiophene rings is 1. The van der Waals surface area contributed by atoms with Crippen molar-refractivity contribution in [1.29, 1.82) is 0 Å². The van der Waals surface area contributed by atoms with Crippen molar-refractivity contribution in [2.75, 3.05) is 36.8 Å². The van der Waals surface area contributed by atoms with E-state index in [9.17, 15) is 5.11 Å². The van der Waals surface area contributed by atoms with Crippen molar-refractivity contribution in [1.82, 2.24) is 5.32 Å². The van der Waals surface area contributed by atoms with Crippen LogP contribution in [0, 0.1) is 0 Å². The van der Waals surface area contributed by atoms with Crippen molar-refractivity contribution in [2.24, 2.45) is 5.73 Å². The summed E-state index contributed by atoms with van der Waals surface area (Å²) in [5, 5.41) is 14.4. The molecule has 1 aromatic heterocycles. The van der Waals surface area contributed by atoms with Crippen LogP contribution in [0.2, 0.25) is 0 Å². The molecule has 0 aliphatic carbocycles. The fourth-order valence-corrected chi connectivity index (χ4v) is 3.58. The first-order chi connectivity index (χ1) is 10.6. The highest BCUT2D eigenvalue weighted by Gasteiger charge is 2.15. The van der Waals surface area contributed by atoms with Crippen molar-refractivity contribution >= 4 is 33.8 Å². The van der Waals surface area contributed by atoms with E-state index in [1.165, 1.54) is 0 Å². The molecule has 0 unspecified atom stereocenters. The largest absolute Gasteiger partial charge is 0.507 e. The van der Waals surface area contributed by atoms with Crippen molar-refractivity contribution in [3.63, 3.8) is 0 Å². The van der Waals surface area contributed by atoms with E-state index in [2.05, 4.69) is 10.2 Å². The van der Waals surface area contributed by atoms with E-state index in [1.807, 2.05) is 18.2 Å². The minimum absolute atomic E-state index is 0.175. The average Bonchev–Trinajstić information content (AvgIpc) is 2.89. The zero-order valence-electron chi connectivity index (χ0n) is 12.2. The first kappa shape index (κ1) is 14.7. The number of hydrogen-bond donors (Lipinski definition) is 4. The smallest absolute Gasteiger partial charge is 0.124 e. The first-order valence-electron chi connectivity index (χ1n) is 7.25. The summed E-state index contributed by atoms with van der Waals surface area (Å²) in [7, 11) is 0. The lowest BCUT2D eigenvalue weighted by atomic mass is 10.1. The van der Waals surface area contributed by atoms with Crippen molar-refractivity contribution in [3.8, 4) is 5.75 Å². The topological polar surface area (TPSA) is 87.5 Å². The Balaban J connectivity index is 1.87. The molecule has 1 aliphatic rings. The van der Waals surface area contributed by atoms with Gasteiger partial charge in [0.25, 0.3) is 0 Å². The summed E-state index contributed by atoms with van der Waals surface area (Å²) in [6, 6.07) is 9.04. The number of piperazine rings is 1. The van der Waals surface area contributed by atoms with Gasteiger partial charge in [0.05, 0.1) is 15.6 Å². The van der Waals surface area contributed by atoms with Crippen LogP contribution in [0.5, 0.6) is 5.75 Å². The molecule has 116 valence electrons. The van der Waals surface area contributed by atoms with E-state index in [4.69, 9.17) is 11.5 Å². The lowest BCUT2D eigenvalue weighted by Crippen LogP contribution is -2.43. The Morgan fingerprint density at radius 3 is 2.73 bits per heavy atom. The van der Waals surface area contributed by atoms with Gasteiger partial charge in [-0.15, -0.1) is 11.3 Å². The second kappa shape index (κ2) is 6.29. The van der Waals surface area contributed by atoms with Gasteiger partial charge in [-0.25, -0.2) is 0 Å². The predicted molar refractivity (Wildman–Crippen MR) is 94.0 cm³/mol. The molecule has 22 heavy (non-hydrogen) atoms. The van der Waals surface area contributed by atoms with Gasteiger partial charge in [0.15, 0.2) is 0 Å². The molecule has 0 atom stereocenters. The number of nitrogens with zero attached hydrogens (tertiary/aromatic N) is 1. The van der Waals surface area contributed by atoms with Gasteiger partial charge in [0, 0.05) is 37.4 Å². The normalized spacial score (nSPS) is 16.0. The van der Waals surface area contributed by atoms with Crippen LogP contribution in [0.15, 0.2) is 30.3 Å². The molecule has 0 radical (unpaired) electrons. The highest BCUT2D eigenvalue weighted by Crippen LogP contribution is 2.35. The number of nitrogens with two attached hydrogens (primary N) is 2. The van der Waals surface area contributed by atoms with Gasteiger partial charge >= 0.3 is 0 Å². The predicted octanol–water partition coefficient (Wildman–Crippen LogP) is 1.90. The Morgan fingerprint density at radius 2 is 2.00 bits per heavy atom. The molecule has 0 spiro atoms. The molecule has 6 heteroatoms. The number of nitrogens with one attached hydrogen (secondary N) is 1. The van der Waals surface area contributed by atoms with Crippen LogP contribution in [0.3, 0.4) is 0 Å². The van der Waals surface area contributed by atoms with E-state index in [1.54, 1.807) is 29.5 Å². The van der Waals surface area contributed by atoms with Gasteiger partial charge in [-0.2, -0.15) is 0 Å². The number of aromatic hydroxyl groups is 1. The molecule has 0 bridgehead atoms. The van der Waals surface area contributed by atoms with Gasteiger partial charge < -0.3 is 26.8 Å². The van der Waals surface area contributed by atoms with Crippen LogP contribution >= 0.6 is 11.3 Å². The number of phenolic OH excluding ortho intramolecular Hbond substituents is 1. The van der Waals surface area contributed by atoms with Crippen LogP contribution < -0.4 is 21.7 Å². The van der Waals surface area contributed by atoms with Crippen molar-refractivity contribution < 1.29 is 5.11 Å². The molecule has 0 saturated carbocycles. The van der Waals surface area contributed by atoms with Gasteiger partial charge in [-0.3, -0.25) is 0 Å². The minimum Gasteiger partial charge on any atom is -0.507 e. The molecule has 3 rings (SSSR count). The van der Waals surface area contributed by atoms with Crippen LogP contribution in [-0.2, 0) is 0 Å². The van der Waals surface area contributed by atoms with Gasteiger partial charge in [0.2, 0.25) is 0 Å². The number of phenols is 1. The maximum atomic E-state index is 9.87. The first-order valence-corrected chi connectivity index (χ1v) is 8.07. The van der Waals surface area contributed by atoms with E-state index >= 15 is 0 Å². The number of anilines is 2. The Bertz CT molecular complexity index is 689. The lowest BCUT2D eigenvalue weighted by molar-refractivity contribution is 0.473. The number of para-hydroxylation sites is 1. The van der Waals surface area contributed by atoms with E-state index < -0.39 is 0 Å². The molecule has 6 N–H and O–H groups in total. The molecule has 1 fully saturated rings. The molecule has 1 aliphatic heterocycles. The minimum atomic E-state index is 0.175. The summed E-state index contributed by atoms with van der Waals surface area (Å²) in [6.07, 6.45) is 1.83. The summed E-state index contributed by atoms with van der Waals surface area (Å²) >= 11 is 1.63. The Morgan fingerprint density at radius 1 is 1.27 bits per heavy atom. The molecule has 1 aromatic carbocycles. The SMILES string of the molecule is N/C(=C\c1sc(N2CCNCC2)cc1N)c1ccccc1O. The lowest BCUT2D eigenvalue weighted by Gasteiger charge is -2.27. The molecule has 2 aromatic rings. The van der Waals surface area contributed by atoms with Crippen LogP contribution in [0.4, 0.5) is 10.7 Å². The van der Waals surface area contributed by atoms with Crippen molar-refractivity contribution in [3.05, 3.63) is 40.8 Å². The van der Waals surface area contributed by atoms with Crippen LogP contribution in [0.25, 0.3) is 11.8 Å². The fourth-order valence-electron chi connectivity index (χ4n) is 2.50. The van der Waals surface area contributed by atoms with Crippen LogP contribution in [0.1, 0.15) is 10.4 Å². The highest BCUT2D eigenvalue weighted by atomic mass is 32.1. The summed E-state index contributed by atoms with van der Waals surface area (Å²) in [6.45, 7) is 3.95. The number of rotatable bonds is 3. The van der Waals surface area contributed by atoms with Gasteiger partial charge in [-0.05, 0) is 24.3 Å². The average molecular weight is 316 g/mol. The van der Waals surface area contributed by atoms with Crippen molar-refractivity contribution in [2.45, 2.75) is 0 Å².